The summed E-state index contributed by atoms with van der Waals surface area (Å²) in [4.78, 5) is 6.58. The van der Waals surface area contributed by atoms with E-state index in [0.717, 1.165) is 18.5 Å². The minimum Gasteiger partial charge on any atom is -0.437 e. The molecule has 0 aliphatic carbocycles. The lowest BCUT2D eigenvalue weighted by Crippen LogP contribution is -2.39. The first-order valence-corrected chi connectivity index (χ1v) is 9.27. The summed E-state index contributed by atoms with van der Waals surface area (Å²) in [6, 6.07) is 9.23. The fourth-order valence-corrected chi connectivity index (χ4v) is 3.62. The number of hydrogen-bond acceptors (Lipinski definition) is 4. The highest BCUT2D eigenvalue weighted by molar-refractivity contribution is 6.34. The molecule has 0 saturated carbocycles. The number of rotatable bonds is 3. The molecular formula is C19H21Cl2N3O2. The van der Waals surface area contributed by atoms with Gasteiger partial charge >= 0.3 is 0 Å². The van der Waals surface area contributed by atoms with E-state index in [1.807, 2.05) is 19.1 Å². The number of aromatic nitrogens is 1. The van der Waals surface area contributed by atoms with Crippen molar-refractivity contribution in [3.8, 4) is 11.6 Å². The Morgan fingerprint density at radius 1 is 1.19 bits per heavy atom. The minimum atomic E-state index is 0.264. The maximum absolute atomic E-state index is 9.75. The summed E-state index contributed by atoms with van der Waals surface area (Å²) in [6.07, 6.45) is 2.07. The highest BCUT2D eigenvalue weighted by Crippen LogP contribution is 2.34. The number of ether oxygens (including phenoxy) is 1. The van der Waals surface area contributed by atoms with Crippen LogP contribution in [-0.2, 0) is 0 Å². The number of likely N-dealkylation sites (tertiary alicyclic amines) is 1. The molecule has 5 nitrogen and oxygen atoms in total. The Morgan fingerprint density at radius 2 is 1.88 bits per heavy atom. The molecule has 2 atom stereocenters. The number of hydrogen-bond donors (Lipinski definition) is 1. The average Bonchev–Trinajstić information content (AvgIpc) is 2.93. The van der Waals surface area contributed by atoms with Crippen LogP contribution in [0, 0.1) is 6.92 Å². The van der Waals surface area contributed by atoms with Gasteiger partial charge in [-0.25, -0.2) is 4.98 Å². The standard InChI is InChI=1S/C19H21Cl2N3O2/c1-11-4-8-15(18(23-25)24-12(2)5-6-13(24)3)19(22-11)26-17-10-14(20)7-9-16(17)21/h4,7-10,12-13,25H,5-6H2,1-3H3/b23-18-. The molecule has 7 heteroatoms. The fraction of sp³-hybridized carbons (Fsp3) is 0.368. The van der Waals surface area contributed by atoms with E-state index in [1.54, 1.807) is 18.2 Å². The van der Waals surface area contributed by atoms with Gasteiger partial charge in [0.25, 0.3) is 0 Å². The molecule has 2 aromatic rings. The predicted octanol–water partition coefficient (Wildman–Crippen LogP) is 5.50. The van der Waals surface area contributed by atoms with Crippen LogP contribution in [-0.4, -0.2) is 33.0 Å². The fourth-order valence-electron chi connectivity index (χ4n) is 3.30. The number of aryl methyl sites for hydroxylation is 1. The van der Waals surface area contributed by atoms with Crippen molar-refractivity contribution in [2.24, 2.45) is 5.16 Å². The van der Waals surface area contributed by atoms with Gasteiger partial charge in [0, 0.05) is 28.9 Å². The van der Waals surface area contributed by atoms with Crippen LogP contribution in [0.3, 0.4) is 0 Å². The molecular weight excluding hydrogens is 373 g/mol. The number of pyridine rings is 1. The Kier molecular flexibility index (Phi) is 5.58. The van der Waals surface area contributed by atoms with E-state index >= 15 is 0 Å². The first-order valence-electron chi connectivity index (χ1n) is 8.52. The Hall–Kier alpha value is -1.98. The molecule has 138 valence electrons. The summed E-state index contributed by atoms with van der Waals surface area (Å²) in [5.41, 5.74) is 1.39. The van der Waals surface area contributed by atoms with Gasteiger partial charge in [-0.05, 0) is 57.9 Å². The number of oxime groups is 1. The van der Waals surface area contributed by atoms with Crippen LogP contribution in [0.5, 0.6) is 11.6 Å². The molecule has 1 N–H and O–H groups in total. The topological polar surface area (TPSA) is 58.0 Å². The van der Waals surface area contributed by atoms with Gasteiger partial charge in [-0.1, -0.05) is 28.4 Å². The zero-order chi connectivity index (χ0) is 18.8. The van der Waals surface area contributed by atoms with Crippen molar-refractivity contribution in [1.29, 1.82) is 0 Å². The first-order chi connectivity index (χ1) is 12.4. The van der Waals surface area contributed by atoms with Crippen molar-refractivity contribution < 1.29 is 9.94 Å². The highest BCUT2D eigenvalue weighted by atomic mass is 35.5. The van der Waals surface area contributed by atoms with E-state index < -0.39 is 0 Å². The average molecular weight is 394 g/mol. The molecule has 3 rings (SSSR count). The first kappa shape index (κ1) is 18.8. The van der Waals surface area contributed by atoms with Crippen molar-refractivity contribution in [3.63, 3.8) is 0 Å². The third kappa shape index (κ3) is 3.74. The van der Waals surface area contributed by atoms with E-state index in [-0.39, 0.29) is 12.1 Å². The number of nitrogens with zero attached hydrogens (tertiary/aromatic N) is 3. The van der Waals surface area contributed by atoms with Gasteiger partial charge in [-0.3, -0.25) is 0 Å². The van der Waals surface area contributed by atoms with Gasteiger partial charge in [-0.15, -0.1) is 0 Å². The van der Waals surface area contributed by atoms with Crippen molar-refractivity contribution in [1.82, 2.24) is 9.88 Å². The molecule has 0 radical (unpaired) electrons. The molecule has 0 amide bonds. The van der Waals surface area contributed by atoms with Crippen molar-refractivity contribution in [2.75, 3.05) is 0 Å². The van der Waals surface area contributed by atoms with E-state index in [4.69, 9.17) is 27.9 Å². The van der Waals surface area contributed by atoms with Gasteiger partial charge in [0.2, 0.25) is 5.88 Å². The quantitative estimate of drug-likeness (QED) is 0.323. The predicted molar refractivity (Wildman–Crippen MR) is 104 cm³/mol. The number of halogens is 2. The highest BCUT2D eigenvalue weighted by Gasteiger charge is 2.33. The van der Waals surface area contributed by atoms with Crippen molar-refractivity contribution in [2.45, 2.75) is 45.7 Å². The lowest BCUT2D eigenvalue weighted by Gasteiger charge is -2.29. The van der Waals surface area contributed by atoms with E-state index in [0.29, 0.717) is 33.1 Å². The Morgan fingerprint density at radius 3 is 2.54 bits per heavy atom. The van der Waals surface area contributed by atoms with E-state index in [9.17, 15) is 5.21 Å². The van der Waals surface area contributed by atoms with Crippen LogP contribution in [0.2, 0.25) is 10.0 Å². The normalized spacial score (nSPS) is 20.5. The SMILES string of the molecule is Cc1ccc(/C(=N/O)N2C(C)CCC2C)c(Oc2cc(Cl)ccc2Cl)n1. The molecule has 0 spiro atoms. The van der Waals surface area contributed by atoms with Gasteiger partial charge < -0.3 is 14.8 Å². The summed E-state index contributed by atoms with van der Waals surface area (Å²) in [6.45, 7) is 6.10. The molecule has 1 saturated heterocycles. The summed E-state index contributed by atoms with van der Waals surface area (Å²) in [5.74, 6) is 1.18. The van der Waals surface area contributed by atoms with Crippen LogP contribution < -0.4 is 4.74 Å². The summed E-state index contributed by atoms with van der Waals surface area (Å²) in [7, 11) is 0. The molecule has 0 bridgehead atoms. The van der Waals surface area contributed by atoms with E-state index in [2.05, 4.69) is 28.9 Å². The number of amidine groups is 1. The van der Waals surface area contributed by atoms with Crippen molar-refractivity contribution >= 4 is 29.0 Å². The van der Waals surface area contributed by atoms with Gasteiger partial charge in [0.1, 0.15) is 5.75 Å². The van der Waals surface area contributed by atoms with Gasteiger partial charge in [-0.2, -0.15) is 0 Å². The minimum absolute atomic E-state index is 0.264. The van der Waals surface area contributed by atoms with Gasteiger partial charge in [0.05, 0.1) is 10.6 Å². The van der Waals surface area contributed by atoms with Gasteiger partial charge in [0.15, 0.2) is 5.84 Å². The molecule has 2 unspecified atom stereocenters. The molecule has 1 fully saturated rings. The Labute approximate surface area is 163 Å². The Bertz CT molecular complexity index is 832. The molecule has 26 heavy (non-hydrogen) atoms. The van der Waals surface area contributed by atoms with Crippen LogP contribution in [0.1, 0.15) is 37.9 Å². The lowest BCUT2D eigenvalue weighted by molar-refractivity contribution is 0.282. The second-order valence-corrected chi connectivity index (χ2v) is 7.43. The second-order valence-electron chi connectivity index (χ2n) is 6.59. The summed E-state index contributed by atoms with van der Waals surface area (Å²) in [5, 5.41) is 14.3. The monoisotopic (exact) mass is 393 g/mol. The van der Waals surface area contributed by atoms with Crippen LogP contribution in [0.25, 0.3) is 0 Å². The number of benzene rings is 1. The molecule has 2 heterocycles. The maximum Gasteiger partial charge on any atom is 0.230 e. The largest absolute Gasteiger partial charge is 0.437 e. The molecule has 1 aromatic heterocycles. The third-order valence-corrected chi connectivity index (χ3v) is 5.18. The second kappa shape index (κ2) is 7.72. The molecule has 1 aliphatic heterocycles. The summed E-state index contributed by atoms with van der Waals surface area (Å²) >= 11 is 12.3. The van der Waals surface area contributed by atoms with E-state index in [1.165, 1.54) is 0 Å². The zero-order valence-corrected chi connectivity index (χ0v) is 16.4. The van der Waals surface area contributed by atoms with Crippen LogP contribution in [0.4, 0.5) is 0 Å². The Balaban J connectivity index is 2.04. The molecule has 1 aromatic carbocycles. The zero-order valence-electron chi connectivity index (χ0n) is 14.9. The summed E-state index contributed by atoms with van der Waals surface area (Å²) < 4.78 is 5.97. The van der Waals surface area contributed by atoms with Crippen LogP contribution >= 0.6 is 23.2 Å². The van der Waals surface area contributed by atoms with Crippen LogP contribution in [0.15, 0.2) is 35.5 Å². The van der Waals surface area contributed by atoms with Crippen molar-refractivity contribution in [3.05, 3.63) is 51.6 Å². The lowest BCUT2D eigenvalue weighted by atomic mass is 10.1. The smallest absolute Gasteiger partial charge is 0.230 e. The molecule has 1 aliphatic rings. The third-order valence-electron chi connectivity index (χ3n) is 4.63. The maximum atomic E-state index is 9.75.